The standard InChI is InChI=1S/C20H24N2O3/c1-24-17-7-5-6-16(14-17)21-15-10-12-22(13-11-15)20(23)18-8-3-4-9-19(18)25-2/h3-9,14-15,21H,10-13H2,1-2H3. The molecule has 0 unspecified atom stereocenters. The van der Waals surface area contributed by atoms with Crippen LogP contribution in [0.15, 0.2) is 48.5 Å². The molecule has 1 amide bonds. The third-order valence-electron chi connectivity index (χ3n) is 4.56. The van der Waals surface area contributed by atoms with E-state index in [1.807, 2.05) is 53.4 Å². The summed E-state index contributed by atoms with van der Waals surface area (Å²) < 4.78 is 10.6. The molecule has 1 saturated heterocycles. The van der Waals surface area contributed by atoms with Gasteiger partial charge in [0.05, 0.1) is 19.8 Å². The number of rotatable bonds is 5. The van der Waals surface area contributed by atoms with Gasteiger partial charge in [0.25, 0.3) is 5.91 Å². The van der Waals surface area contributed by atoms with Gasteiger partial charge >= 0.3 is 0 Å². The summed E-state index contributed by atoms with van der Waals surface area (Å²) in [6.07, 6.45) is 1.83. The average molecular weight is 340 g/mol. The van der Waals surface area contributed by atoms with Crippen LogP contribution in [-0.2, 0) is 0 Å². The van der Waals surface area contributed by atoms with E-state index in [-0.39, 0.29) is 5.91 Å². The maximum Gasteiger partial charge on any atom is 0.257 e. The monoisotopic (exact) mass is 340 g/mol. The number of nitrogens with zero attached hydrogens (tertiary/aromatic N) is 1. The molecule has 1 N–H and O–H groups in total. The van der Waals surface area contributed by atoms with E-state index in [0.717, 1.165) is 37.4 Å². The highest BCUT2D eigenvalue weighted by molar-refractivity contribution is 5.97. The van der Waals surface area contributed by atoms with Gasteiger partial charge in [-0.2, -0.15) is 0 Å². The molecule has 3 rings (SSSR count). The second-order valence-electron chi connectivity index (χ2n) is 6.14. The van der Waals surface area contributed by atoms with Crippen LogP contribution in [0, 0.1) is 0 Å². The molecule has 0 aromatic heterocycles. The Morgan fingerprint density at radius 2 is 1.80 bits per heavy atom. The predicted molar refractivity (Wildman–Crippen MR) is 98.5 cm³/mol. The van der Waals surface area contributed by atoms with Crippen LogP contribution in [0.5, 0.6) is 11.5 Å². The second-order valence-corrected chi connectivity index (χ2v) is 6.14. The highest BCUT2D eigenvalue weighted by Crippen LogP contribution is 2.24. The lowest BCUT2D eigenvalue weighted by Crippen LogP contribution is -2.42. The van der Waals surface area contributed by atoms with Gasteiger partial charge in [-0.3, -0.25) is 4.79 Å². The van der Waals surface area contributed by atoms with E-state index in [4.69, 9.17) is 9.47 Å². The fraction of sp³-hybridized carbons (Fsp3) is 0.350. The Kier molecular flexibility index (Phi) is 5.43. The first kappa shape index (κ1) is 17.1. The van der Waals surface area contributed by atoms with Gasteiger partial charge in [0.2, 0.25) is 0 Å². The number of benzene rings is 2. The van der Waals surface area contributed by atoms with Crippen molar-refractivity contribution in [2.75, 3.05) is 32.6 Å². The minimum atomic E-state index is 0.0391. The molecule has 132 valence electrons. The summed E-state index contributed by atoms with van der Waals surface area (Å²) >= 11 is 0. The lowest BCUT2D eigenvalue weighted by Gasteiger charge is -2.33. The van der Waals surface area contributed by atoms with Gasteiger partial charge in [0, 0.05) is 30.9 Å². The molecule has 1 aliphatic heterocycles. The van der Waals surface area contributed by atoms with Gasteiger partial charge in [-0.05, 0) is 37.1 Å². The zero-order chi connectivity index (χ0) is 17.6. The first-order chi connectivity index (χ1) is 12.2. The van der Waals surface area contributed by atoms with E-state index in [2.05, 4.69) is 5.32 Å². The third kappa shape index (κ3) is 4.05. The van der Waals surface area contributed by atoms with Gasteiger partial charge in [0.1, 0.15) is 11.5 Å². The number of amides is 1. The molecular formula is C20H24N2O3. The Balaban J connectivity index is 1.59. The Morgan fingerprint density at radius 3 is 2.52 bits per heavy atom. The van der Waals surface area contributed by atoms with E-state index in [0.29, 0.717) is 17.4 Å². The minimum Gasteiger partial charge on any atom is -0.497 e. The maximum atomic E-state index is 12.7. The fourth-order valence-corrected chi connectivity index (χ4v) is 3.17. The average Bonchev–Trinajstić information content (AvgIpc) is 2.68. The molecular weight excluding hydrogens is 316 g/mol. The summed E-state index contributed by atoms with van der Waals surface area (Å²) in [4.78, 5) is 14.6. The van der Waals surface area contributed by atoms with Crippen LogP contribution in [-0.4, -0.2) is 44.2 Å². The van der Waals surface area contributed by atoms with Crippen molar-refractivity contribution in [3.63, 3.8) is 0 Å². The number of carbonyl (C=O) groups is 1. The molecule has 0 aliphatic carbocycles. The van der Waals surface area contributed by atoms with Crippen LogP contribution in [0.25, 0.3) is 0 Å². The number of ether oxygens (including phenoxy) is 2. The lowest BCUT2D eigenvalue weighted by molar-refractivity contribution is 0.0715. The SMILES string of the molecule is COc1cccc(NC2CCN(C(=O)c3ccccc3OC)CC2)c1. The highest BCUT2D eigenvalue weighted by atomic mass is 16.5. The van der Waals surface area contributed by atoms with Gasteiger partial charge in [-0.25, -0.2) is 0 Å². The number of hydrogen-bond acceptors (Lipinski definition) is 4. The van der Waals surface area contributed by atoms with Crippen molar-refractivity contribution in [2.45, 2.75) is 18.9 Å². The Hall–Kier alpha value is -2.69. The van der Waals surface area contributed by atoms with E-state index in [1.54, 1.807) is 14.2 Å². The van der Waals surface area contributed by atoms with E-state index in [9.17, 15) is 4.79 Å². The molecule has 1 heterocycles. The largest absolute Gasteiger partial charge is 0.497 e. The molecule has 5 heteroatoms. The molecule has 0 atom stereocenters. The van der Waals surface area contributed by atoms with Crippen molar-refractivity contribution in [3.05, 3.63) is 54.1 Å². The topological polar surface area (TPSA) is 50.8 Å². The van der Waals surface area contributed by atoms with Crippen molar-refractivity contribution in [1.82, 2.24) is 4.90 Å². The van der Waals surface area contributed by atoms with Crippen LogP contribution >= 0.6 is 0 Å². The molecule has 2 aromatic rings. The number of carbonyl (C=O) groups excluding carboxylic acids is 1. The molecule has 0 bridgehead atoms. The molecule has 0 spiro atoms. The van der Waals surface area contributed by atoms with Crippen LogP contribution < -0.4 is 14.8 Å². The van der Waals surface area contributed by atoms with E-state index >= 15 is 0 Å². The third-order valence-corrected chi connectivity index (χ3v) is 4.56. The van der Waals surface area contributed by atoms with Crippen molar-refractivity contribution in [2.24, 2.45) is 0 Å². The normalized spacial score (nSPS) is 14.9. The summed E-state index contributed by atoms with van der Waals surface area (Å²) in [5.74, 6) is 1.51. The van der Waals surface area contributed by atoms with Crippen molar-refractivity contribution >= 4 is 11.6 Å². The number of para-hydroxylation sites is 1. The Bertz CT molecular complexity index is 724. The number of piperidine rings is 1. The molecule has 25 heavy (non-hydrogen) atoms. The Labute approximate surface area is 148 Å². The van der Waals surface area contributed by atoms with Crippen LogP contribution in [0.1, 0.15) is 23.2 Å². The van der Waals surface area contributed by atoms with Gasteiger partial charge < -0.3 is 19.7 Å². The fourth-order valence-electron chi connectivity index (χ4n) is 3.17. The molecule has 1 aliphatic rings. The number of anilines is 1. The first-order valence-corrected chi connectivity index (χ1v) is 8.54. The van der Waals surface area contributed by atoms with E-state index in [1.165, 1.54) is 0 Å². The van der Waals surface area contributed by atoms with E-state index < -0.39 is 0 Å². The summed E-state index contributed by atoms with van der Waals surface area (Å²) in [6.45, 7) is 1.47. The van der Waals surface area contributed by atoms with Crippen LogP contribution in [0.2, 0.25) is 0 Å². The van der Waals surface area contributed by atoms with Gasteiger partial charge in [0.15, 0.2) is 0 Å². The first-order valence-electron chi connectivity index (χ1n) is 8.54. The van der Waals surface area contributed by atoms with Gasteiger partial charge in [-0.15, -0.1) is 0 Å². The molecule has 2 aromatic carbocycles. The summed E-state index contributed by atoms with van der Waals surface area (Å²) in [6, 6.07) is 15.7. The number of hydrogen-bond donors (Lipinski definition) is 1. The molecule has 5 nitrogen and oxygen atoms in total. The zero-order valence-corrected chi connectivity index (χ0v) is 14.7. The van der Waals surface area contributed by atoms with Crippen LogP contribution in [0.4, 0.5) is 5.69 Å². The number of nitrogens with one attached hydrogen (secondary N) is 1. The smallest absolute Gasteiger partial charge is 0.257 e. The lowest BCUT2D eigenvalue weighted by atomic mass is 10.0. The summed E-state index contributed by atoms with van der Waals surface area (Å²) in [5, 5.41) is 3.53. The maximum absolute atomic E-state index is 12.7. The van der Waals surface area contributed by atoms with Crippen molar-refractivity contribution < 1.29 is 14.3 Å². The zero-order valence-electron chi connectivity index (χ0n) is 14.7. The van der Waals surface area contributed by atoms with Crippen molar-refractivity contribution in [1.29, 1.82) is 0 Å². The van der Waals surface area contributed by atoms with Crippen LogP contribution in [0.3, 0.4) is 0 Å². The predicted octanol–water partition coefficient (Wildman–Crippen LogP) is 3.42. The molecule has 1 fully saturated rings. The number of likely N-dealkylation sites (tertiary alicyclic amines) is 1. The second kappa shape index (κ2) is 7.92. The number of methoxy groups -OCH3 is 2. The summed E-state index contributed by atoms with van der Waals surface area (Å²) in [5.41, 5.74) is 1.68. The minimum absolute atomic E-state index is 0.0391. The van der Waals surface area contributed by atoms with Crippen molar-refractivity contribution in [3.8, 4) is 11.5 Å². The molecule has 0 saturated carbocycles. The van der Waals surface area contributed by atoms with Gasteiger partial charge in [-0.1, -0.05) is 18.2 Å². The highest BCUT2D eigenvalue weighted by Gasteiger charge is 2.25. The summed E-state index contributed by atoms with van der Waals surface area (Å²) in [7, 11) is 3.26. The molecule has 0 radical (unpaired) electrons. The quantitative estimate of drug-likeness (QED) is 0.906. The Morgan fingerprint density at radius 1 is 1.04 bits per heavy atom.